The zero-order valence-corrected chi connectivity index (χ0v) is 5.15. The van der Waals surface area contributed by atoms with Crippen molar-refractivity contribution in [2.75, 3.05) is 0 Å². The summed E-state index contributed by atoms with van der Waals surface area (Å²) in [5, 5.41) is 19.4. The molecule has 1 heterocycles. The van der Waals surface area contributed by atoms with Crippen molar-refractivity contribution in [2.24, 2.45) is 0 Å². The van der Waals surface area contributed by atoms with Crippen molar-refractivity contribution < 1.29 is 5.11 Å². The van der Waals surface area contributed by atoms with Crippen molar-refractivity contribution in [3.63, 3.8) is 0 Å². The van der Waals surface area contributed by atoms with Crippen LogP contribution in [-0.2, 0) is 13.2 Å². The van der Waals surface area contributed by atoms with Crippen molar-refractivity contribution in [1.29, 1.82) is 0 Å². The number of hydrogen-bond acceptors (Lipinski definition) is 4. The Bertz CT molecular complexity index is 166. The molecule has 0 aliphatic heterocycles. The molecule has 1 aromatic heterocycles. The highest BCUT2D eigenvalue weighted by atomic mass is 16.3. The topological polar surface area (TPSA) is 63.8 Å². The average Bonchev–Trinajstić information content (AvgIpc) is 2.34. The van der Waals surface area contributed by atoms with Crippen LogP contribution in [0.4, 0.5) is 0 Å². The van der Waals surface area contributed by atoms with E-state index in [2.05, 4.69) is 15.4 Å². The second kappa shape index (κ2) is 2.54. The Morgan fingerprint density at radius 2 is 2.44 bits per heavy atom. The van der Waals surface area contributed by atoms with Crippen LogP contribution in [0.3, 0.4) is 0 Å². The van der Waals surface area contributed by atoms with Gasteiger partial charge in [-0.05, 0) is 5.21 Å². The number of tetrazole rings is 1. The molecule has 0 amide bonds. The predicted octanol–water partition coefficient (Wildman–Crippen LogP) is -0.815. The summed E-state index contributed by atoms with van der Waals surface area (Å²) in [4.78, 5) is 1.14. The summed E-state index contributed by atoms with van der Waals surface area (Å²) in [6.07, 6.45) is 0.750. The number of aliphatic hydroxyl groups is 1. The van der Waals surface area contributed by atoms with Crippen molar-refractivity contribution in [3.8, 4) is 0 Å². The molecule has 0 aliphatic rings. The molecule has 0 spiro atoms. The van der Waals surface area contributed by atoms with Gasteiger partial charge in [0.2, 0.25) is 0 Å². The van der Waals surface area contributed by atoms with Gasteiger partial charge in [0.25, 0.3) is 0 Å². The highest BCUT2D eigenvalue weighted by Gasteiger charge is 1.95. The second-order valence-electron chi connectivity index (χ2n) is 1.57. The SMILES string of the molecule is CCc1nnn(CO)n1. The third-order valence-corrected chi connectivity index (χ3v) is 0.937. The minimum absolute atomic E-state index is 0.201. The normalized spacial score (nSPS) is 10.0. The van der Waals surface area contributed by atoms with Crippen molar-refractivity contribution in [1.82, 2.24) is 20.2 Å². The Labute approximate surface area is 52.3 Å². The summed E-state index contributed by atoms with van der Waals surface area (Å²) in [5.74, 6) is 0.657. The van der Waals surface area contributed by atoms with E-state index < -0.39 is 0 Å². The van der Waals surface area contributed by atoms with Crippen LogP contribution in [-0.4, -0.2) is 25.3 Å². The fourth-order valence-corrected chi connectivity index (χ4v) is 0.478. The van der Waals surface area contributed by atoms with Gasteiger partial charge in [0.05, 0.1) is 0 Å². The van der Waals surface area contributed by atoms with Gasteiger partial charge in [0.1, 0.15) is 0 Å². The number of hydrogen-bond donors (Lipinski definition) is 1. The lowest BCUT2D eigenvalue weighted by Crippen LogP contribution is -2.00. The van der Waals surface area contributed by atoms with Gasteiger partial charge in [-0.25, -0.2) is 0 Å². The van der Waals surface area contributed by atoms with Crippen LogP contribution in [0.5, 0.6) is 0 Å². The maximum absolute atomic E-state index is 8.44. The molecule has 0 saturated heterocycles. The standard InChI is InChI=1S/C4H8N4O/c1-2-4-5-7-8(3-9)6-4/h9H,2-3H2,1H3. The first-order valence-electron chi connectivity index (χ1n) is 2.74. The molecular formula is C4H8N4O. The van der Waals surface area contributed by atoms with Crippen LogP contribution >= 0.6 is 0 Å². The molecule has 5 heteroatoms. The first kappa shape index (κ1) is 6.15. The summed E-state index contributed by atoms with van der Waals surface area (Å²) in [5.41, 5.74) is 0. The molecule has 0 unspecified atom stereocenters. The summed E-state index contributed by atoms with van der Waals surface area (Å²) < 4.78 is 0. The van der Waals surface area contributed by atoms with Crippen LogP contribution < -0.4 is 0 Å². The maximum atomic E-state index is 8.44. The summed E-state index contributed by atoms with van der Waals surface area (Å²) in [6, 6.07) is 0. The molecule has 1 rings (SSSR count). The number of aryl methyl sites for hydroxylation is 1. The number of aliphatic hydroxyl groups excluding tert-OH is 1. The predicted molar refractivity (Wildman–Crippen MR) is 29.4 cm³/mol. The second-order valence-corrected chi connectivity index (χ2v) is 1.57. The van der Waals surface area contributed by atoms with E-state index in [9.17, 15) is 0 Å². The molecule has 1 N–H and O–H groups in total. The molecule has 0 fully saturated rings. The molecule has 0 radical (unpaired) electrons. The van der Waals surface area contributed by atoms with E-state index in [0.717, 1.165) is 11.2 Å². The van der Waals surface area contributed by atoms with E-state index in [1.807, 2.05) is 6.92 Å². The molecular weight excluding hydrogens is 120 g/mol. The third-order valence-electron chi connectivity index (χ3n) is 0.937. The largest absolute Gasteiger partial charge is 0.373 e. The molecule has 0 atom stereocenters. The van der Waals surface area contributed by atoms with Crippen LogP contribution in [0, 0.1) is 0 Å². The van der Waals surface area contributed by atoms with Gasteiger partial charge in [-0.1, -0.05) is 6.92 Å². The first-order chi connectivity index (χ1) is 4.36. The summed E-state index contributed by atoms with van der Waals surface area (Å²) in [6.45, 7) is 1.73. The lowest BCUT2D eigenvalue weighted by Gasteiger charge is -1.84. The van der Waals surface area contributed by atoms with Crippen LogP contribution in [0.1, 0.15) is 12.7 Å². The zero-order valence-electron chi connectivity index (χ0n) is 5.15. The minimum atomic E-state index is -0.201. The van der Waals surface area contributed by atoms with E-state index in [4.69, 9.17) is 5.11 Å². The van der Waals surface area contributed by atoms with Gasteiger partial charge in [0, 0.05) is 6.42 Å². The third kappa shape index (κ3) is 1.23. The number of aromatic nitrogens is 4. The molecule has 5 nitrogen and oxygen atoms in total. The Morgan fingerprint density at radius 1 is 1.67 bits per heavy atom. The molecule has 0 aromatic carbocycles. The quantitative estimate of drug-likeness (QED) is 0.565. The van der Waals surface area contributed by atoms with E-state index in [1.54, 1.807) is 0 Å². The van der Waals surface area contributed by atoms with E-state index >= 15 is 0 Å². The smallest absolute Gasteiger partial charge is 0.174 e. The van der Waals surface area contributed by atoms with E-state index in [-0.39, 0.29) is 6.73 Å². The summed E-state index contributed by atoms with van der Waals surface area (Å²) >= 11 is 0. The maximum Gasteiger partial charge on any atom is 0.174 e. The Kier molecular flexibility index (Phi) is 1.74. The van der Waals surface area contributed by atoms with Crippen molar-refractivity contribution in [3.05, 3.63) is 5.82 Å². The van der Waals surface area contributed by atoms with Crippen LogP contribution in [0.15, 0.2) is 0 Å². The van der Waals surface area contributed by atoms with Gasteiger partial charge < -0.3 is 5.11 Å². The Hall–Kier alpha value is -0.970. The van der Waals surface area contributed by atoms with Crippen LogP contribution in [0.2, 0.25) is 0 Å². The molecule has 0 aliphatic carbocycles. The molecule has 0 bridgehead atoms. The minimum Gasteiger partial charge on any atom is -0.373 e. The summed E-state index contributed by atoms with van der Waals surface area (Å²) in [7, 11) is 0. The highest BCUT2D eigenvalue weighted by Crippen LogP contribution is 1.84. The zero-order chi connectivity index (χ0) is 6.69. The van der Waals surface area contributed by atoms with Gasteiger partial charge in [-0.2, -0.15) is 0 Å². The van der Waals surface area contributed by atoms with Gasteiger partial charge in [-0.15, -0.1) is 15.0 Å². The number of nitrogens with zero attached hydrogens (tertiary/aromatic N) is 4. The van der Waals surface area contributed by atoms with Crippen LogP contribution in [0.25, 0.3) is 0 Å². The Morgan fingerprint density at radius 3 is 2.78 bits per heavy atom. The van der Waals surface area contributed by atoms with Crippen molar-refractivity contribution >= 4 is 0 Å². The molecule has 50 valence electrons. The average molecular weight is 128 g/mol. The fraction of sp³-hybridized carbons (Fsp3) is 0.750. The molecule has 9 heavy (non-hydrogen) atoms. The van der Waals surface area contributed by atoms with Gasteiger partial charge in [0.15, 0.2) is 12.6 Å². The molecule has 0 saturated carbocycles. The van der Waals surface area contributed by atoms with E-state index in [0.29, 0.717) is 5.82 Å². The highest BCUT2D eigenvalue weighted by molar-refractivity contribution is 4.72. The number of rotatable bonds is 2. The lowest BCUT2D eigenvalue weighted by atomic mass is 10.5. The fourth-order valence-electron chi connectivity index (χ4n) is 0.478. The Balaban J connectivity index is 2.74. The van der Waals surface area contributed by atoms with Gasteiger partial charge >= 0.3 is 0 Å². The van der Waals surface area contributed by atoms with E-state index in [1.165, 1.54) is 0 Å². The monoisotopic (exact) mass is 128 g/mol. The van der Waals surface area contributed by atoms with Crippen molar-refractivity contribution in [2.45, 2.75) is 20.1 Å². The molecule has 1 aromatic rings. The first-order valence-corrected chi connectivity index (χ1v) is 2.74. The van der Waals surface area contributed by atoms with Gasteiger partial charge in [-0.3, -0.25) is 0 Å². The lowest BCUT2D eigenvalue weighted by molar-refractivity contribution is 0.175.